The quantitative estimate of drug-likeness (QED) is 0.391. The topological polar surface area (TPSA) is 109 Å². The molecule has 0 unspecified atom stereocenters. The summed E-state index contributed by atoms with van der Waals surface area (Å²) >= 11 is 5.81. The highest BCUT2D eigenvalue weighted by atomic mass is 35.5. The van der Waals surface area contributed by atoms with Crippen molar-refractivity contribution in [3.8, 4) is 11.3 Å². The molecule has 0 saturated heterocycles. The van der Waals surface area contributed by atoms with Gasteiger partial charge in [0.25, 0.3) is 0 Å². The summed E-state index contributed by atoms with van der Waals surface area (Å²) in [7, 11) is 0. The molecular formula is C15H9ClN2O6. The third-order valence-corrected chi connectivity index (χ3v) is 3.26. The van der Waals surface area contributed by atoms with Crippen LogP contribution in [0, 0.1) is 10.1 Å². The van der Waals surface area contributed by atoms with Gasteiger partial charge < -0.3 is 13.7 Å². The predicted molar refractivity (Wildman–Crippen MR) is 81.4 cm³/mol. The first-order valence-electron chi connectivity index (χ1n) is 6.66. The van der Waals surface area contributed by atoms with E-state index in [1.165, 1.54) is 6.07 Å². The third-order valence-electron chi connectivity index (χ3n) is 3.01. The number of nitrogens with zero attached hydrogens (tertiary/aromatic N) is 2. The zero-order valence-corrected chi connectivity index (χ0v) is 12.7. The molecule has 0 aliphatic carbocycles. The average molecular weight is 349 g/mol. The number of aromatic nitrogens is 1. The molecule has 0 atom stereocenters. The minimum atomic E-state index is -0.834. The van der Waals surface area contributed by atoms with Crippen molar-refractivity contribution in [2.24, 2.45) is 0 Å². The first-order chi connectivity index (χ1) is 11.5. The number of furan rings is 1. The maximum absolute atomic E-state index is 11.8. The van der Waals surface area contributed by atoms with E-state index in [9.17, 15) is 14.9 Å². The van der Waals surface area contributed by atoms with Crippen molar-refractivity contribution in [1.82, 2.24) is 5.16 Å². The summed E-state index contributed by atoms with van der Waals surface area (Å²) in [5, 5.41) is 14.9. The van der Waals surface area contributed by atoms with E-state index >= 15 is 0 Å². The molecule has 3 aromatic rings. The van der Waals surface area contributed by atoms with Gasteiger partial charge in [-0.05, 0) is 30.3 Å². The van der Waals surface area contributed by atoms with Crippen LogP contribution >= 0.6 is 11.6 Å². The fourth-order valence-corrected chi connectivity index (χ4v) is 2.00. The van der Waals surface area contributed by atoms with Crippen molar-refractivity contribution in [3.63, 3.8) is 0 Å². The van der Waals surface area contributed by atoms with Gasteiger partial charge in [-0.2, -0.15) is 0 Å². The molecule has 3 rings (SSSR count). The Labute approximate surface area is 139 Å². The molecule has 122 valence electrons. The SMILES string of the molecule is O=C(OCc1cc(-c2ccc(Cl)cc2)on1)c1ccc([N+](=O)[O-])o1. The molecule has 9 heteroatoms. The van der Waals surface area contributed by atoms with Crippen molar-refractivity contribution in [2.75, 3.05) is 0 Å². The van der Waals surface area contributed by atoms with Crippen molar-refractivity contribution < 1.29 is 23.4 Å². The minimum absolute atomic E-state index is 0.162. The molecule has 2 aromatic heterocycles. The maximum Gasteiger partial charge on any atom is 0.433 e. The second kappa shape index (κ2) is 6.55. The Hall–Kier alpha value is -3.13. The third kappa shape index (κ3) is 3.44. The van der Waals surface area contributed by atoms with Gasteiger partial charge in [0.2, 0.25) is 5.76 Å². The Morgan fingerprint density at radius 1 is 1.25 bits per heavy atom. The van der Waals surface area contributed by atoms with Crippen LogP contribution in [0.4, 0.5) is 5.88 Å². The molecule has 0 bridgehead atoms. The number of nitro groups is 1. The number of hydrogen-bond donors (Lipinski definition) is 0. The molecule has 0 N–H and O–H groups in total. The van der Waals surface area contributed by atoms with E-state index in [-0.39, 0.29) is 12.4 Å². The Bertz CT molecular complexity index is 884. The summed E-state index contributed by atoms with van der Waals surface area (Å²) < 4.78 is 14.9. The van der Waals surface area contributed by atoms with Crippen LogP contribution in [0.15, 0.2) is 51.4 Å². The number of halogens is 1. The molecule has 1 aromatic carbocycles. The minimum Gasteiger partial charge on any atom is -0.453 e. The van der Waals surface area contributed by atoms with E-state index in [2.05, 4.69) is 5.16 Å². The largest absolute Gasteiger partial charge is 0.453 e. The molecule has 0 fully saturated rings. The Morgan fingerprint density at radius 3 is 2.67 bits per heavy atom. The summed E-state index contributed by atoms with van der Waals surface area (Å²) in [6.45, 7) is -0.162. The van der Waals surface area contributed by atoms with Crippen molar-refractivity contribution in [2.45, 2.75) is 6.61 Å². The van der Waals surface area contributed by atoms with Crippen LogP contribution in [0.25, 0.3) is 11.3 Å². The van der Waals surface area contributed by atoms with Crippen LogP contribution in [0.5, 0.6) is 0 Å². The second-order valence-electron chi connectivity index (χ2n) is 4.66. The van der Waals surface area contributed by atoms with E-state index in [0.29, 0.717) is 16.5 Å². The zero-order valence-electron chi connectivity index (χ0n) is 12.0. The van der Waals surface area contributed by atoms with E-state index in [1.54, 1.807) is 30.3 Å². The van der Waals surface area contributed by atoms with Crippen molar-refractivity contribution in [3.05, 3.63) is 69.1 Å². The maximum atomic E-state index is 11.8. The molecule has 8 nitrogen and oxygen atoms in total. The standard InChI is InChI=1S/C15H9ClN2O6/c16-10-3-1-9(2-4-10)13-7-11(17-24-13)8-22-15(19)12-5-6-14(23-12)18(20)21/h1-7H,8H2. The summed E-state index contributed by atoms with van der Waals surface area (Å²) in [6, 6.07) is 10.8. The smallest absolute Gasteiger partial charge is 0.433 e. The Morgan fingerprint density at radius 2 is 2.00 bits per heavy atom. The highest BCUT2D eigenvalue weighted by molar-refractivity contribution is 6.30. The van der Waals surface area contributed by atoms with Crippen LogP contribution in [-0.2, 0) is 11.3 Å². The highest BCUT2D eigenvalue weighted by Crippen LogP contribution is 2.23. The molecule has 0 aliphatic rings. The Balaban J connectivity index is 1.63. The van der Waals surface area contributed by atoms with Gasteiger partial charge in [0.15, 0.2) is 5.76 Å². The zero-order chi connectivity index (χ0) is 17.1. The lowest BCUT2D eigenvalue weighted by Gasteiger charge is -1.98. The molecule has 24 heavy (non-hydrogen) atoms. The van der Waals surface area contributed by atoms with E-state index < -0.39 is 16.8 Å². The van der Waals surface area contributed by atoms with Gasteiger partial charge in [0, 0.05) is 16.7 Å². The predicted octanol–water partition coefficient (Wildman–Crippen LogP) is 3.85. The molecule has 2 heterocycles. The molecule has 0 aliphatic heterocycles. The summed E-state index contributed by atoms with van der Waals surface area (Å²) in [5.74, 6) is -1.14. The number of carbonyl (C=O) groups is 1. The number of esters is 1. The van der Waals surface area contributed by atoms with Crippen LogP contribution in [0.2, 0.25) is 5.02 Å². The second-order valence-corrected chi connectivity index (χ2v) is 5.10. The van der Waals surface area contributed by atoms with Crippen molar-refractivity contribution in [1.29, 1.82) is 0 Å². The van der Waals surface area contributed by atoms with Gasteiger partial charge in [-0.3, -0.25) is 10.1 Å². The van der Waals surface area contributed by atoms with Gasteiger partial charge in [-0.15, -0.1) is 0 Å². The van der Waals surface area contributed by atoms with Gasteiger partial charge in [0.05, 0.1) is 6.07 Å². The molecule has 0 radical (unpaired) electrons. The normalized spacial score (nSPS) is 10.5. The summed E-state index contributed by atoms with van der Waals surface area (Å²) in [5.41, 5.74) is 1.15. The highest BCUT2D eigenvalue weighted by Gasteiger charge is 2.19. The fraction of sp³-hybridized carbons (Fsp3) is 0.0667. The number of rotatable bonds is 5. The first-order valence-corrected chi connectivity index (χ1v) is 7.03. The summed E-state index contributed by atoms with van der Waals surface area (Å²) in [4.78, 5) is 21.5. The number of carbonyl (C=O) groups excluding carboxylic acids is 1. The molecule has 0 spiro atoms. The lowest BCUT2D eigenvalue weighted by molar-refractivity contribution is -0.402. The van der Waals surface area contributed by atoms with E-state index in [1.807, 2.05) is 0 Å². The monoisotopic (exact) mass is 348 g/mol. The van der Waals surface area contributed by atoms with Gasteiger partial charge in [-0.25, -0.2) is 4.79 Å². The van der Waals surface area contributed by atoms with Crippen LogP contribution in [-0.4, -0.2) is 16.0 Å². The molecule has 0 amide bonds. The summed E-state index contributed by atoms with van der Waals surface area (Å²) in [6.07, 6.45) is 0. The van der Waals surface area contributed by atoms with Crippen LogP contribution in [0.3, 0.4) is 0 Å². The molecular weight excluding hydrogens is 340 g/mol. The number of benzene rings is 1. The fourth-order valence-electron chi connectivity index (χ4n) is 1.88. The Kier molecular flexibility index (Phi) is 4.30. The lowest BCUT2D eigenvalue weighted by Crippen LogP contribution is -2.04. The lowest BCUT2D eigenvalue weighted by atomic mass is 10.2. The van der Waals surface area contributed by atoms with Gasteiger partial charge in [-0.1, -0.05) is 16.8 Å². The molecule has 0 saturated carbocycles. The average Bonchev–Trinajstić information content (AvgIpc) is 3.23. The van der Waals surface area contributed by atoms with Gasteiger partial charge >= 0.3 is 11.9 Å². The van der Waals surface area contributed by atoms with Gasteiger partial charge in [0.1, 0.15) is 17.2 Å². The van der Waals surface area contributed by atoms with E-state index in [4.69, 9.17) is 25.3 Å². The van der Waals surface area contributed by atoms with Crippen molar-refractivity contribution >= 4 is 23.5 Å². The van der Waals surface area contributed by atoms with E-state index in [0.717, 1.165) is 11.6 Å². The first kappa shape index (κ1) is 15.8. The van der Waals surface area contributed by atoms with Crippen LogP contribution in [0.1, 0.15) is 16.2 Å². The van der Waals surface area contributed by atoms with Crippen LogP contribution < -0.4 is 0 Å². The number of ether oxygens (including phenoxy) is 1. The number of hydrogen-bond acceptors (Lipinski definition) is 7.